The van der Waals surface area contributed by atoms with Crippen LogP contribution in [-0.4, -0.2) is 24.9 Å². The zero-order valence-electron chi connectivity index (χ0n) is 16.9. The Balaban J connectivity index is 1.80. The van der Waals surface area contributed by atoms with E-state index >= 15 is 0 Å². The number of hydrogen-bond acceptors (Lipinski definition) is 2. The van der Waals surface area contributed by atoms with Crippen molar-refractivity contribution in [1.29, 1.82) is 0 Å². The Labute approximate surface area is 173 Å². The number of halogens is 1. The first-order chi connectivity index (χ1) is 13.6. The van der Waals surface area contributed by atoms with Crippen LogP contribution in [0.2, 0.25) is 0 Å². The van der Waals surface area contributed by atoms with Crippen LogP contribution in [0.4, 0.5) is 5.69 Å². The largest absolute Gasteiger partial charge is 0.493 e. The van der Waals surface area contributed by atoms with Crippen molar-refractivity contribution in [2.24, 2.45) is 5.92 Å². The number of carbonyl (C=O) groups excluding carboxylic acids is 1. The van der Waals surface area contributed by atoms with Crippen LogP contribution in [0.25, 0.3) is 0 Å². The molecule has 0 saturated heterocycles. The molecule has 0 atom stereocenters. The Morgan fingerprint density at radius 1 is 1.07 bits per heavy atom. The second-order valence-corrected chi connectivity index (χ2v) is 8.27. The summed E-state index contributed by atoms with van der Waals surface area (Å²) in [5.41, 5.74) is 4.36. The number of aryl methyl sites for hydroxylation is 2. The van der Waals surface area contributed by atoms with Gasteiger partial charge in [0.2, 0.25) is 0 Å². The lowest BCUT2D eigenvalue weighted by Gasteiger charge is -2.24. The molecule has 0 N–H and O–H groups in total. The molecule has 1 aliphatic rings. The van der Waals surface area contributed by atoms with Gasteiger partial charge in [-0.05, 0) is 85.5 Å². The summed E-state index contributed by atoms with van der Waals surface area (Å²) in [6.45, 7) is 5.54. The molecule has 0 radical (unpaired) electrons. The van der Waals surface area contributed by atoms with E-state index in [1.807, 2.05) is 35.2 Å². The molecule has 1 aliphatic carbocycles. The molecule has 3 rings (SSSR count). The van der Waals surface area contributed by atoms with Crippen molar-refractivity contribution in [3.05, 3.63) is 59.2 Å². The van der Waals surface area contributed by atoms with Crippen molar-refractivity contribution < 1.29 is 9.53 Å². The lowest BCUT2D eigenvalue weighted by molar-refractivity contribution is 0.0987. The molecule has 0 unspecified atom stereocenters. The van der Waals surface area contributed by atoms with Crippen LogP contribution < -0.4 is 9.64 Å². The molecule has 1 amide bonds. The van der Waals surface area contributed by atoms with Gasteiger partial charge < -0.3 is 9.64 Å². The van der Waals surface area contributed by atoms with Gasteiger partial charge in [0, 0.05) is 23.7 Å². The number of benzene rings is 2. The lowest BCUT2D eigenvalue weighted by Crippen LogP contribution is -2.32. The Morgan fingerprint density at radius 3 is 2.46 bits per heavy atom. The lowest BCUT2D eigenvalue weighted by atomic mass is 9.90. The fourth-order valence-electron chi connectivity index (χ4n) is 3.57. The average Bonchev–Trinajstić information content (AvgIpc) is 2.72. The van der Waals surface area contributed by atoms with Gasteiger partial charge in [-0.3, -0.25) is 4.79 Å². The highest BCUT2D eigenvalue weighted by Gasteiger charge is 2.19. The Kier molecular flexibility index (Phi) is 7.38. The number of fused-ring (bicyclic) bond motifs is 1. The topological polar surface area (TPSA) is 29.5 Å². The third kappa shape index (κ3) is 5.29. The van der Waals surface area contributed by atoms with Gasteiger partial charge in [0.05, 0.1) is 6.61 Å². The van der Waals surface area contributed by atoms with Gasteiger partial charge in [0.1, 0.15) is 5.75 Å². The summed E-state index contributed by atoms with van der Waals surface area (Å²) in [7, 11) is 0. The minimum atomic E-state index is 0.0364. The average molecular weight is 400 g/mol. The van der Waals surface area contributed by atoms with E-state index in [4.69, 9.17) is 16.3 Å². The molecule has 2 aromatic carbocycles. The predicted octanol–water partition coefficient (Wildman–Crippen LogP) is 5.88. The molecule has 3 nitrogen and oxygen atoms in total. The minimum absolute atomic E-state index is 0.0364. The van der Waals surface area contributed by atoms with Gasteiger partial charge in [-0.15, -0.1) is 11.6 Å². The van der Waals surface area contributed by atoms with Crippen LogP contribution in [-0.2, 0) is 12.8 Å². The summed E-state index contributed by atoms with van der Waals surface area (Å²) in [6, 6.07) is 14.0. The van der Waals surface area contributed by atoms with E-state index < -0.39 is 0 Å². The highest BCUT2D eigenvalue weighted by Crippen LogP contribution is 2.26. The number of alkyl halides is 1. The first kappa shape index (κ1) is 20.7. The van der Waals surface area contributed by atoms with E-state index in [9.17, 15) is 4.79 Å². The van der Waals surface area contributed by atoms with Crippen LogP contribution >= 0.6 is 11.6 Å². The number of amides is 1. The van der Waals surface area contributed by atoms with Gasteiger partial charge >= 0.3 is 0 Å². The first-order valence-corrected chi connectivity index (χ1v) is 10.8. The molecule has 0 aromatic heterocycles. The van der Waals surface area contributed by atoms with Crippen LogP contribution in [0.15, 0.2) is 42.5 Å². The number of carbonyl (C=O) groups is 1. The van der Waals surface area contributed by atoms with Gasteiger partial charge in [-0.25, -0.2) is 0 Å². The highest BCUT2D eigenvalue weighted by atomic mass is 35.5. The SMILES string of the molecule is CC(C)COc1ccc(N(CCCCl)C(=O)c2ccc3c(c2)CCCC3)cc1. The Hall–Kier alpha value is -2.00. The predicted molar refractivity (Wildman–Crippen MR) is 117 cm³/mol. The van der Waals surface area contributed by atoms with E-state index in [0.717, 1.165) is 36.3 Å². The van der Waals surface area contributed by atoms with Crippen LogP contribution in [0.1, 0.15) is 54.6 Å². The van der Waals surface area contributed by atoms with Crippen LogP contribution in [0.3, 0.4) is 0 Å². The molecular weight excluding hydrogens is 370 g/mol. The summed E-state index contributed by atoms with van der Waals surface area (Å²) in [5.74, 6) is 1.87. The molecule has 0 heterocycles. The maximum absolute atomic E-state index is 13.3. The van der Waals surface area contributed by atoms with Gasteiger partial charge in [0.15, 0.2) is 0 Å². The highest BCUT2D eigenvalue weighted by molar-refractivity contribution is 6.17. The van der Waals surface area contributed by atoms with E-state index in [-0.39, 0.29) is 5.91 Å². The van der Waals surface area contributed by atoms with Gasteiger partial charge in [-0.2, -0.15) is 0 Å². The molecule has 0 spiro atoms. The van der Waals surface area contributed by atoms with Crippen molar-refractivity contribution in [2.45, 2.75) is 46.0 Å². The maximum Gasteiger partial charge on any atom is 0.258 e. The normalized spacial score (nSPS) is 13.3. The standard InChI is InChI=1S/C24H30ClNO2/c1-18(2)17-28-23-12-10-22(11-13-23)26(15-5-14-25)24(27)21-9-8-19-6-3-4-7-20(19)16-21/h8-13,16,18H,3-7,14-15,17H2,1-2H3. The van der Waals surface area contributed by atoms with E-state index in [1.165, 1.54) is 24.0 Å². The summed E-state index contributed by atoms with van der Waals surface area (Å²) >= 11 is 5.92. The minimum Gasteiger partial charge on any atom is -0.493 e. The second-order valence-electron chi connectivity index (χ2n) is 7.89. The second kappa shape index (κ2) is 9.97. The van der Waals surface area contributed by atoms with Crippen molar-refractivity contribution in [3.8, 4) is 5.75 Å². The number of rotatable bonds is 8. The third-order valence-electron chi connectivity index (χ3n) is 5.09. The molecule has 4 heteroatoms. The summed E-state index contributed by atoms with van der Waals surface area (Å²) in [6.07, 6.45) is 5.40. The number of anilines is 1. The van der Waals surface area contributed by atoms with E-state index in [2.05, 4.69) is 26.0 Å². The maximum atomic E-state index is 13.3. The number of hydrogen-bond donors (Lipinski definition) is 0. The molecule has 28 heavy (non-hydrogen) atoms. The van der Waals surface area contributed by atoms with Crippen molar-refractivity contribution in [3.63, 3.8) is 0 Å². The molecule has 0 aliphatic heterocycles. The van der Waals surface area contributed by atoms with E-state index in [1.54, 1.807) is 0 Å². The molecule has 0 saturated carbocycles. The molecule has 2 aromatic rings. The van der Waals surface area contributed by atoms with Crippen molar-refractivity contribution in [2.75, 3.05) is 23.9 Å². The number of nitrogens with zero attached hydrogens (tertiary/aromatic N) is 1. The van der Waals surface area contributed by atoms with Gasteiger partial charge in [0.25, 0.3) is 5.91 Å². The summed E-state index contributed by atoms with van der Waals surface area (Å²) in [4.78, 5) is 15.1. The van der Waals surface area contributed by atoms with Gasteiger partial charge in [-0.1, -0.05) is 19.9 Å². The number of ether oxygens (including phenoxy) is 1. The third-order valence-corrected chi connectivity index (χ3v) is 5.35. The van der Waals surface area contributed by atoms with Crippen molar-refractivity contribution in [1.82, 2.24) is 0 Å². The molecular formula is C24H30ClNO2. The Morgan fingerprint density at radius 2 is 1.79 bits per heavy atom. The smallest absolute Gasteiger partial charge is 0.258 e. The van der Waals surface area contributed by atoms with E-state index in [0.29, 0.717) is 24.9 Å². The van der Waals surface area contributed by atoms with Crippen molar-refractivity contribution >= 4 is 23.2 Å². The zero-order valence-corrected chi connectivity index (χ0v) is 17.7. The van der Waals surface area contributed by atoms with Crippen LogP contribution in [0.5, 0.6) is 5.75 Å². The fraction of sp³-hybridized carbons (Fsp3) is 0.458. The Bertz CT molecular complexity index is 786. The molecule has 0 bridgehead atoms. The monoisotopic (exact) mass is 399 g/mol. The summed E-state index contributed by atoms with van der Waals surface area (Å²) in [5, 5.41) is 0. The fourth-order valence-corrected chi connectivity index (χ4v) is 3.69. The molecule has 150 valence electrons. The van der Waals surface area contributed by atoms with Crippen LogP contribution in [0, 0.1) is 5.92 Å². The molecule has 0 fully saturated rings. The summed E-state index contributed by atoms with van der Waals surface area (Å²) < 4.78 is 5.77. The quantitative estimate of drug-likeness (QED) is 0.519. The zero-order chi connectivity index (χ0) is 19.9. The first-order valence-electron chi connectivity index (χ1n) is 10.3.